The molecular formula is C20H28BNO7. The number of unbranched alkanes of at least 4 members (excludes halogenated alkanes) is 1. The number of carbonyl (C=O) groups excluding carboxylic acids is 3. The molecule has 0 aliphatic carbocycles. The number of para-hydroxylation sites is 1. The lowest BCUT2D eigenvalue weighted by Gasteiger charge is -2.29. The van der Waals surface area contributed by atoms with E-state index in [4.69, 9.17) is 14.1 Å². The van der Waals surface area contributed by atoms with Crippen LogP contribution in [0.2, 0.25) is 0 Å². The van der Waals surface area contributed by atoms with Crippen LogP contribution in [0.25, 0.3) is 0 Å². The summed E-state index contributed by atoms with van der Waals surface area (Å²) in [6.07, 6.45) is 2.26. The van der Waals surface area contributed by atoms with Crippen LogP contribution in [0.4, 0.5) is 4.79 Å². The van der Waals surface area contributed by atoms with Gasteiger partial charge in [0.15, 0.2) is 5.78 Å². The molecule has 1 aliphatic rings. The van der Waals surface area contributed by atoms with Crippen LogP contribution in [0, 0.1) is 0 Å². The number of hydrogen-bond donors (Lipinski definition) is 2. The van der Waals surface area contributed by atoms with E-state index in [9.17, 15) is 19.4 Å². The van der Waals surface area contributed by atoms with Crippen molar-refractivity contribution in [2.75, 3.05) is 13.2 Å². The maximum Gasteiger partial charge on any atom is 0.547 e. The van der Waals surface area contributed by atoms with Gasteiger partial charge in [-0.25, -0.2) is 4.79 Å². The Morgan fingerprint density at radius 1 is 1.17 bits per heavy atom. The molecule has 1 aromatic carbocycles. The summed E-state index contributed by atoms with van der Waals surface area (Å²) < 4.78 is 15.3. The van der Waals surface area contributed by atoms with Crippen LogP contribution in [0.3, 0.4) is 0 Å². The zero-order valence-corrected chi connectivity index (χ0v) is 16.9. The third-order valence-electron chi connectivity index (χ3n) is 4.51. The largest absolute Gasteiger partial charge is 0.547 e. The summed E-state index contributed by atoms with van der Waals surface area (Å²) in [4.78, 5) is 35.8. The van der Waals surface area contributed by atoms with Gasteiger partial charge in [0, 0.05) is 12.8 Å². The Morgan fingerprint density at radius 3 is 2.66 bits per heavy atom. The zero-order chi connectivity index (χ0) is 21.2. The summed E-state index contributed by atoms with van der Waals surface area (Å²) in [6.45, 7) is 4.06. The molecule has 0 bridgehead atoms. The fourth-order valence-electron chi connectivity index (χ4n) is 2.98. The van der Waals surface area contributed by atoms with Crippen LogP contribution in [-0.4, -0.2) is 49.1 Å². The maximum absolute atomic E-state index is 12.5. The van der Waals surface area contributed by atoms with Crippen LogP contribution < -0.4 is 9.97 Å². The molecule has 29 heavy (non-hydrogen) atoms. The fraction of sp³-hybridized carbons (Fsp3) is 0.550. The molecular weight excluding hydrogens is 377 g/mol. The van der Waals surface area contributed by atoms with Crippen molar-refractivity contribution in [3.05, 3.63) is 29.3 Å². The molecule has 9 heteroatoms. The van der Waals surface area contributed by atoms with E-state index in [1.165, 1.54) is 0 Å². The van der Waals surface area contributed by atoms with E-state index < -0.39 is 19.2 Å². The van der Waals surface area contributed by atoms with E-state index in [0.29, 0.717) is 30.6 Å². The van der Waals surface area contributed by atoms with Crippen LogP contribution in [0.5, 0.6) is 5.75 Å². The highest BCUT2D eigenvalue weighted by molar-refractivity contribution is 6.47. The number of ether oxygens (including phenoxy) is 2. The van der Waals surface area contributed by atoms with E-state index in [1.807, 2.05) is 13.8 Å². The zero-order valence-electron chi connectivity index (χ0n) is 16.9. The second-order valence-electron chi connectivity index (χ2n) is 6.90. The molecule has 1 aromatic rings. The number of fused-ring (bicyclic) bond motifs is 1. The first-order valence-corrected chi connectivity index (χ1v) is 10.0. The number of carbonyl (C=O) groups is 3. The SMILES string of the molecule is CCCCOC(=O)OCCC(=O)c1cccc2c1OB(O)C(NC(=O)CCC)C2. The van der Waals surface area contributed by atoms with Crippen molar-refractivity contribution in [1.29, 1.82) is 0 Å². The topological polar surface area (TPSA) is 111 Å². The van der Waals surface area contributed by atoms with Crippen LogP contribution in [0.1, 0.15) is 61.9 Å². The molecule has 8 nitrogen and oxygen atoms in total. The van der Waals surface area contributed by atoms with Crippen LogP contribution in [0.15, 0.2) is 18.2 Å². The van der Waals surface area contributed by atoms with Crippen molar-refractivity contribution in [3.63, 3.8) is 0 Å². The Morgan fingerprint density at radius 2 is 1.93 bits per heavy atom. The van der Waals surface area contributed by atoms with Gasteiger partial charge in [0.1, 0.15) is 12.4 Å². The first-order valence-electron chi connectivity index (χ1n) is 10.0. The highest BCUT2D eigenvalue weighted by atomic mass is 16.7. The van der Waals surface area contributed by atoms with Gasteiger partial charge in [-0.05, 0) is 30.9 Å². The van der Waals surface area contributed by atoms with Crippen molar-refractivity contribution < 1.29 is 33.5 Å². The molecule has 0 aromatic heterocycles. The number of amides is 1. The fourth-order valence-corrected chi connectivity index (χ4v) is 2.98. The van der Waals surface area contributed by atoms with E-state index in [1.54, 1.807) is 18.2 Å². The predicted octanol–water partition coefficient (Wildman–Crippen LogP) is 2.45. The van der Waals surface area contributed by atoms with Crippen molar-refractivity contribution >= 4 is 25.0 Å². The lowest BCUT2D eigenvalue weighted by atomic mass is 9.72. The van der Waals surface area contributed by atoms with Gasteiger partial charge >= 0.3 is 13.3 Å². The molecule has 0 fully saturated rings. The van der Waals surface area contributed by atoms with Gasteiger partial charge in [-0.2, -0.15) is 0 Å². The summed E-state index contributed by atoms with van der Waals surface area (Å²) in [5.41, 5.74) is 1.03. The summed E-state index contributed by atoms with van der Waals surface area (Å²) in [5, 5.41) is 13.0. The summed E-state index contributed by atoms with van der Waals surface area (Å²) in [5.74, 6) is -0.702. The smallest absolute Gasteiger partial charge is 0.534 e. The van der Waals surface area contributed by atoms with Gasteiger partial charge < -0.3 is 24.5 Å². The molecule has 0 saturated heterocycles. The Hall–Kier alpha value is -2.55. The highest BCUT2D eigenvalue weighted by Crippen LogP contribution is 2.31. The predicted molar refractivity (Wildman–Crippen MR) is 107 cm³/mol. The van der Waals surface area contributed by atoms with Crippen molar-refractivity contribution in [2.24, 2.45) is 0 Å². The monoisotopic (exact) mass is 405 g/mol. The van der Waals surface area contributed by atoms with Crippen molar-refractivity contribution in [1.82, 2.24) is 5.32 Å². The third kappa shape index (κ3) is 6.78. The van der Waals surface area contributed by atoms with E-state index in [2.05, 4.69) is 5.32 Å². The Balaban J connectivity index is 1.94. The quantitative estimate of drug-likeness (QED) is 0.266. The van der Waals surface area contributed by atoms with Crippen molar-refractivity contribution in [3.8, 4) is 5.75 Å². The lowest BCUT2D eigenvalue weighted by Crippen LogP contribution is -2.53. The molecule has 2 N–H and O–H groups in total. The molecule has 1 atom stereocenters. The first kappa shape index (κ1) is 22.7. The summed E-state index contributed by atoms with van der Waals surface area (Å²) in [7, 11) is -1.25. The molecule has 0 spiro atoms. The Labute approximate surface area is 171 Å². The van der Waals surface area contributed by atoms with Crippen LogP contribution in [-0.2, 0) is 20.7 Å². The second kappa shape index (κ2) is 11.5. The lowest BCUT2D eigenvalue weighted by molar-refractivity contribution is -0.121. The number of ketones is 1. The molecule has 1 amide bonds. The molecule has 1 aliphatic heterocycles. The van der Waals surface area contributed by atoms with E-state index >= 15 is 0 Å². The first-order chi connectivity index (χ1) is 14.0. The second-order valence-corrected chi connectivity index (χ2v) is 6.90. The Bertz CT molecular complexity index is 725. The molecule has 0 radical (unpaired) electrons. The third-order valence-corrected chi connectivity index (χ3v) is 4.51. The van der Waals surface area contributed by atoms with Crippen LogP contribution >= 0.6 is 0 Å². The molecule has 1 heterocycles. The van der Waals surface area contributed by atoms with Gasteiger partial charge in [-0.3, -0.25) is 9.59 Å². The molecule has 2 rings (SSSR count). The number of hydrogen-bond acceptors (Lipinski definition) is 7. The standard InChI is InChI=1S/C20H28BNO7/c1-3-5-11-27-20(25)28-12-10-16(23)15-9-6-8-14-13-17(21(26)29-19(14)15)22-18(24)7-4-2/h6,8-9,17,26H,3-5,7,10-13H2,1-2H3,(H,22,24). The normalized spacial score (nSPS) is 15.1. The highest BCUT2D eigenvalue weighted by Gasteiger charge is 2.37. The minimum atomic E-state index is -1.25. The molecule has 0 saturated carbocycles. The van der Waals surface area contributed by atoms with E-state index in [0.717, 1.165) is 18.4 Å². The number of rotatable bonds is 10. The number of nitrogens with one attached hydrogen (secondary N) is 1. The molecule has 1 unspecified atom stereocenters. The average Bonchev–Trinajstić information content (AvgIpc) is 2.68. The summed E-state index contributed by atoms with van der Waals surface area (Å²) in [6, 6.07) is 5.11. The van der Waals surface area contributed by atoms with Crippen molar-refractivity contribution in [2.45, 2.75) is 58.3 Å². The number of benzene rings is 1. The maximum atomic E-state index is 12.5. The summed E-state index contributed by atoms with van der Waals surface area (Å²) >= 11 is 0. The van der Waals surface area contributed by atoms with Gasteiger partial charge in [0.2, 0.25) is 5.91 Å². The van der Waals surface area contributed by atoms with Gasteiger partial charge in [-0.15, -0.1) is 0 Å². The van der Waals surface area contributed by atoms with Gasteiger partial charge in [-0.1, -0.05) is 32.4 Å². The molecule has 158 valence electrons. The van der Waals surface area contributed by atoms with E-state index in [-0.39, 0.29) is 31.3 Å². The Kier molecular flexibility index (Phi) is 8.98. The van der Waals surface area contributed by atoms with Gasteiger partial charge in [0.25, 0.3) is 0 Å². The number of Topliss-reactive ketones (excluding diaryl/α,β-unsaturated/α-hetero) is 1. The van der Waals surface area contributed by atoms with Gasteiger partial charge in [0.05, 0.1) is 18.1 Å². The minimum Gasteiger partial charge on any atom is -0.534 e. The minimum absolute atomic E-state index is 0.0323. The average molecular weight is 405 g/mol.